The van der Waals surface area contributed by atoms with Gasteiger partial charge in [0, 0.05) is 11.6 Å². The molecule has 170 valence electrons. The fourth-order valence-corrected chi connectivity index (χ4v) is 5.56. The molecule has 0 bridgehead atoms. The van der Waals surface area contributed by atoms with E-state index in [2.05, 4.69) is 46.1 Å². The van der Waals surface area contributed by atoms with Crippen molar-refractivity contribution in [2.45, 2.75) is 57.2 Å². The number of amides is 1. The van der Waals surface area contributed by atoms with Crippen molar-refractivity contribution >= 4 is 17.1 Å². The summed E-state index contributed by atoms with van der Waals surface area (Å²) in [5, 5.41) is 14.4. The number of hydrogen-bond donors (Lipinski definition) is 2. The molecule has 0 saturated heterocycles. The van der Waals surface area contributed by atoms with E-state index in [1.807, 2.05) is 48.9 Å². The van der Waals surface area contributed by atoms with Gasteiger partial charge in [-0.05, 0) is 73.8 Å². The number of hydrogen-bond acceptors (Lipinski definition) is 3. The molecule has 0 radical (unpaired) electrons. The number of imidazole rings is 1. The second-order valence-electron chi connectivity index (χ2n) is 9.36. The largest absolute Gasteiger partial charge is 0.393 e. The van der Waals surface area contributed by atoms with Gasteiger partial charge in [0.15, 0.2) is 0 Å². The summed E-state index contributed by atoms with van der Waals surface area (Å²) in [6.45, 7) is 2.16. The molecule has 33 heavy (non-hydrogen) atoms. The Morgan fingerprint density at radius 2 is 1.73 bits per heavy atom. The van der Waals surface area contributed by atoms with Crippen LogP contribution in [0.3, 0.4) is 0 Å². The van der Waals surface area contributed by atoms with Crippen molar-refractivity contribution in [2.75, 3.05) is 0 Å². The number of carbonyl (C=O) groups excluding carboxylic acids is 1. The van der Waals surface area contributed by atoms with Gasteiger partial charge >= 0.3 is 0 Å². The molecule has 5 heteroatoms. The average Bonchev–Trinajstić information content (AvgIpc) is 3.43. The maximum atomic E-state index is 12.5. The molecule has 2 N–H and O–H groups in total. The van der Waals surface area contributed by atoms with Crippen molar-refractivity contribution in [3.63, 3.8) is 0 Å². The molecule has 1 aliphatic carbocycles. The minimum Gasteiger partial charge on any atom is -0.393 e. The highest BCUT2D eigenvalue weighted by atomic mass is 16.3. The lowest BCUT2D eigenvalue weighted by atomic mass is 9.79. The molecule has 2 aromatic carbocycles. The van der Waals surface area contributed by atoms with E-state index < -0.39 is 0 Å². The van der Waals surface area contributed by atoms with Gasteiger partial charge in [-0.3, -0.25) is 4.79 Å². The Morgan fingerprint density at radius 3 is 2.42 bits per heavy atom. The first-order valence-corrected chi connectivity index (χ1v) is 11.9. The number of benzene rings is 2. The van der Waals surface area contributed by atoms with Crippen LogP contribution in [0.4, 0.5) is 0 Å². The van der Waals surface area contributed by atoms with Crippen molar-refractivity contribution in [1.29, 1.82) is 0 Å². The van der Waals surface area contributed by atoms with Crippen LogP contribution in [0.2, 0.25) is 0 Å². The van der Waals surface area contributed by atoms with Gasteiger partial charge in [-0.2, -0.15) is 0 Å². The summed E-state index contributed by atoms with van der Waals surface area (Å²) in [7, 11) is 0. The van der Waals surface area contributed by atoms with E-state index in [0.29, 0.717) is 12.0 Å². The number of nitrogens with zero attached hydrogens (tertiary/aromatic N) is 2. The fraction of sp³-hybridized carbons (Fsp3) is 0.357. The smallest absolute Gasteiger partial charge is 0.251 e. The normalized spacial score (nSPS) is 23.3. The van der Waals surface area contributed by atoms with Crippen LogP contribution in [0.25, 0.3) is 11.1 Å². The van der Waals surface area contributed by atoms with Crippen LogP contribution in [0.5, 0.6) is 0 Å². The quantitative estimate of drug-likeness (QED) is 0.559. The summed E-state index contributed by atoms with van der Waals surface area (Å²) in [4.78, 5) is 16.8. The molecule has 2 atom stereocenters. The van der Waals surface area contributed by atoms with Crippen LogP contribution in [-0.4, -0.2) is 32.7 Å². The van der Waals surface area contributed by atoms with Gasteiger partial charge < -0.3 is 15.0 Å². The Hall–Kier alpha value is -3.18. The first-order valence-electron chi connectivity index (χ1n) is 11.9. The monoisotopic (exact) mass is 441 g/mol. The Labute approximate surface area is 195 Å². The molecule has 3 aromatic rings. The zero-order valence-corrected chi connectivity index (χ0v) is 19.0. The molecule has 2 heterocycles. The van der Waals surface area contributed by atoms with E-state index in [9.17, 15) is 9.90 Å². The molecule has 1 amide bonds. The molecule has 0 spiro atoms. The van der Waals surface area contributed by atoms with Gasteiger partial charge in [-0.25, -0.2) is 4.98 Å². The van der Waals surface area contributed by atoms with E-state index >= 15 is 0 Å². The number of fused-ring (bicyclic) bond motifs is 1. The van der Waals surface area contributed by atoms with Crippen LogP contribution >= 0.6 is 0 Å². The second-order valence-corrected chi connectivity index (χ2v) is 9.36. The molecule has 5 nitrogen and oxygen atoms in total. The minimum absolute atomic E-state index is 0.00805. The molecule has 5 rings (SSSR count). The van der Waals surface area contributed by atoms with Crippen molar-refractivity contribution < 1.29 is 9.90 Å². The molecular weight excluding hydrogens is 410 g/mol. The number of nitrogens with one attached hydrogen (secondary N) is 1. The molecular formula is C28H31N3O2. The Kier molecular flexibility index (Phi) is 6.14. The Bertz CT molecular complexity index is 1130. The molecule has 2 unspecified atom stereocenters. The Morgan fingerprint density at radius 1 is 1.06 bits per heavy atom. The number of carbonyl (C=O) groups is 1. The lowest BCUT2D eigenvalue weighted by Gasteiger charge is -2.33. The van der Waals surface area contributed by atoms with Gasteiger partial charge in [-0.15, -0.1) is 0 Å². The standard InChI is InChI=1S/C28H31N3O2/c1-19-25-17-29-18-31(25)24(27(19)21-8-4-2-5-9-21)16-26(32)20-12-14-23(15-13-20)30-28(33)22-10-6-3-7-11-22/h2-11,17-18,20,23-24,26,32H,12-16H2,1H3,(H,30,33). The maximum Gasteiger partial charge on any atom is 0.251 e. The highest BCUT2D eigenvalue weighted by Gasteiger charge is 2.35. The minimum atomic E-state index is -0.388. The molecule has 1 aromatic heterocycles. The van der Waals surface area contributed by atoms with Crippen molar-refractivity contribution in [1.82, 2.24) is 14.9 Å². The topological polar surface area (TPSA) is 67.2 Å². The summed E-state index contributed by atoms with van der Waals surface area (Å²) in [5.74, 6) is 0.242. The number of aromatic nitrogens is 2. The SMILES string of the molecule is CC1=C(c2ccccc2)C(CC(O)C2CCC(NC(=O)c3ccccc3)CC2)n2cncc21. The summed E-state index contributed by atoms with van der Waals surface area (Å²) in [6.07, 6.45) is 7.76. The third-order valence-corrected chi connectivity index (χ3v) is 7.36. The number of rotatable bonds is 6. The van der Waals surface area contributed by atoms with Crippen LogP contribution in [0, 0.1) is 5.92 Å². The number of aliphatic hydroxyl groups excluding tert-OH is 1. The second kappa shape index (κ2) is 9.36. The molecule has 1 aliphatic heterocycles. The van der Waals surface area contributed by atoms with E-state index in [-0.39, 0.29) is 30.0 Å². The first-order chi connectivity index (χ1) is 16.1. The molecule has 2 aliphatic rings. The zero-order valence-electron chi connectivity index (χ0n) is 19.0. The van der Waals surface area contributed by atoms with Gasteiger partial charge in [0.1, 0.15) is 0 Å². The van der Waals surface area contributed by atoms with E-state index in [1.165, 1.54) is 16.7 Å². The fourth-order valence-electron chi connectivity index (χ4n) is 5.56. The molecule has 1 fully saturated rings. The van der Waals surface area contributed by atoms with Crippen LogP contribution < -0.4 is 5.32 Å². The average molecular weight is 442 g/mol. The van der Waals surface area contributed by atoms with Crippen LogP contribution in [0.15, 0.2) is 73.2 Å². The third kappa shape index (κ3) is 4.38. The van der Waals surface area contributed by atoms with Gasteiger partial charge in [0.2, 0.25) is 0 Å². The summed E-state index contributed by atoms with van der Waals surface area (Å²) < 4.78 is 2.21. The summed E-state index contributed by atoms with van der Waals surface area (Å²) >= 11 is 0. The predicted molar refractivity (Wildman–Crippen MR) is 130 cm³/mol. The highest BCUT2D eigenvalue weighted by molar-refractivity contribution is 5.94. The van der Waals surface area contributed by atoms with Crippen molar-refractivity contribution in [2.24, 2.45) is 5.92 Å². The maximum absolute atomic E-state index is 12.5. The third-order valence-electron chi connectivity index (χ3n) is 7.36. The van der Waals surface area contributed by atoms with Gasteiger partial charge in [0.25, 0.3) is 5.91 Å². The van der Waals surface area contributed by atoms with Crippen LogP contribution in [-0.2, 0) is 0 Å². The summed E-state index contributed by atoms with van der Waals surface area (Å²) in [5.41, 5.74) is 5.58. The van der Waals surface area contributed by atoms with E-state index in [1.54, 1.807) is 0 Å². The van der Waals surface area contributed by atoms with E-state index in [4.69, 9.17) is 0 Å². The lowest BCUT2D eigenvalue weighted by Crippen LogP contribution is -2.39. The van der Waals surface area contributed by atoms with Gasteiger partial charge in [0.05, 0.1) is 30.4 Å². The zero-order chi connectivity index (χ0) is 22.8. The van der Waals surface area contributed by atoms with Gasteiger partial charge in [-0.1, -0.05) is 48.5 Å². The number of aliphatic hydroxyl groups is 1. The first kappa shape index (κ1) is 21.7. The molecule has 1 saturated carbocycles. The van der Waals surface area contributed by atoms with Crippen molar-refractivity contribution in [3.05, 3.63) is 90.0 Å². The highest BCUT2D eigenvalue weighted by Crippen LogP contribution is 2.45. The van der Waals surface area contributed by atoms with Crippen molar-refractivity contribution in [3.8, 4) is 0 Å². The Balaban J connectivity index is 1.23. The summed E-state index contributed by atoms with van der Waals surface area (Å²) in [6, 6.07) is 20.1. The lowest BCUT2D eigenvalue weighted by molar-refractivity contribution is 0.0626. The predicted octanol–water partition coefficient (Wildman–Crippen LogP) is 5.11. The number of allylic oxidation sites excluding steroid dienone is 2. The van der Waals surface area contributed by atoms with Crippen LogP contribution in [0.1, 0.15) is 66.7 Å². The van der Waals surface area contributed by atoms with E-state index in [0.717, 1.165) is 31.4 Å².